The molecule has 8 nitrogen and oxygen atoms in total. The van der Waals surface area contributed by atoms with E-state index in [1.54, 1.807) is 12.4 Å². The van der Waals surface area contributed by atoms with Crippen molar-refractivity contribution in [3.8, 4) is 22.9 Å². The molecule has 0 unspecified atom stereocenters. The van der Waals surface area contributed by atoms with E-state index in [2.05, 4.69) is 32.0 Å². The van der Waals surface area contributed by atoms with Crippen LogP contribution in [0.3, 0.4) is 0 Å². The third kappa shape index (κ3) is 4.69. The summed E-state index contributed by atoms with van der Waals surface area (Å²) in [6, 6.07) is 16.1. The maximum atomic E-state index is 12.9. The van der Waals surface area contributed by atoms with Gasteiger partial charge >= 0.3 is 0 Å². The first-order valence-corrected chi connectivity index (χ1v) is 13.9. The number of aryl methyl sites for hydroxylation is 1. The number of ether oxygens (including phenoxy) is 1. The molecule has 0 radical (unpaired) electrons. The Labute approximate surface area is 227 Å². The molecule has 3 N–H and O–H groups in total. The van der Waals surface area contributed by atoms with E-state index in [-0.39, 0.29) is 11.8 Å². The molecule has 8 heteroatoms. The molecule has 3 heterocycles. The molecule has 2 aromatic heterocycles. The Morgan fingerprint density at radius 1 is 1.05 bits per heavy atom. The number of rotatable bonds is 7. The number of aromatic nitrogens is 3. The highest BCUT2D eigenvalue weighted by Gasteiger charge is 2.65. The number of carbonyl (C=O) groups excluding carboxylic acids is 1. The third-order valence-electron chi connectivity index (χ3n) is 8.40. The first-order valence-electron chi connectivity index (χ1n) is 13.9. The van der Waals surface area contributed by atoms with Gasteiger partial charge in [0, 0.05) is 47.4 Å². The summed E-state index contributed by atoms with van der Waals surface area (Å²) in [6.07, 6.45) is 9.11. The fourth-order valence-electron chi connectivity index (χ4n) is 5.83. The van der Waals surface area contributed by atoms with Crippen LogP contribution in [0.4, 0.5) is 11.6 Å². The van der Waals surface area contributed by atoms with Crippen LogP contribution in [-0.4, -0.2) is 40.0 Å². The van der Waals surface area contributed by atoms with Gasteiger partial charge in [-0.25, -0.2) is 15.0 Å². The van der Waals surface area contributed by atoms with Crippen LogP contribution >= 0.6 is 0 Å². The number of hydrogen-bond acceptors (Lipinski definition) is 7. The molecule has 0 bridgehead atoms. The van der Waals surface area contributed by atoms with Crippen molar-refractivity contribution in [3.05, 3.63) is 66.5 Å². The summed E-state index contributed by atoms with van der Waals surface area (Å²) in [5.41, 5.74) is 3.64. The van der Waals surface area contributed by atoms with E-state index in [9.17, 15) is 4.79 Å². The molecule has 7 rings (SSSR count). The minimum atomic E-state index is 0.132. The van der Waals surface area contributed by atoms with E-state index in [0.717, 1.165) is 65.6 Å². The van der Waals surface area contributed by atoms with Crippen molar-refractivity contribution in [1.82, 2.24) is 20.3 Å². The number of pyridine rings is 1. The predicted molar refractivity (Wildman–Crippen MR) is 152 cm³/mol. The van der Waals surface area contributed by atoms with Gasteiger partial charge in [0.25, 0.3) is 0 Å². The van der Waals surface area contributed by atoms with Crippen molar-refractivity contribution < 1.29 is 9.53 Å². The summed E-state index contributed by atoms with van der Waals surface area (Å²) in [4.78, 5) is 26.7. The molecular formula is C31H32N6O2. The lowest BCUT2D eigenvalue weighted by atomic mass is 10.0. The molecule has 1 spiro atoms. The Hall–Kier alpha value is -4.04. The van der Waals surface area contributed by atoms with Crippen molar-refractivity contribution in [3.63, 3.8) is 0 Å². The van der Waals surface area contributed by atoms with E-state index in [1.807, 2.05) is 49.4 Å². The zero-order valence-electron chi connectivity index (χ0n) is 22.0. The van der Waals surface area contributed by atoms with E-state index in [4.69, 9.17) is 9.72 Å². The van der Waals surface area contributed by atoms with Crippen LogP contribution in [0.5, 0.6) is 11.6 Å². The summed E-state index contributed by atoms with van der Waals surface area (Å²) in [5, 5.41) is 11.9. The second kappa shape index (κ2) is 9.61. The summed E-state index contributed by atoms with van der Waals surface area (Å²) < 4.78 is 6.55. The maximum absolute atomic E-state index is 12.9. The van der Waals surface area contributed by atoms with Crippen LogP contribution in [0.15, 0.2) is 60.9 Å². The lowest BCUT2D eigenvalue weighted by Gasteiger charge is -2.23. The van der Waals surface area contributed by atoms with Crippen LogP contribution in [0, 0.1) is 18.3 Å². The summed E-state index contributed by atoms with van der Waals surface area (Å²) in [6.45, 7) is 3.98. The van der Waals surface area contributed by atoms with Crippen molar-refractivity contribution in [2.24, 2.45) is 11.3 Å². The molecule has 1 saturated heterocycles. The zero-order valence-corrected chi connectivity index (χ0v) is 22.0. The van der Waals surface area contributed by atoms with Crippen LogP contribution in [0.1, 0.15) is 37.7 Å². The number of fused-ring (bicyclic) bond motifs is 1. The highest BCUT2D eigenvalue weighted by atomic mass is 16.5. The number of hydrogen-bond donors (Lipinski definition) is 3. The summed E-state index contributed by atoms with van der Waals surface area (Å²) in [7, 11) is 0. The second-order valence-corrected chi connectivity index (χ2v) is 11.1. The number of benzene rings is 2. The predicted octanol–water partition coefficient (Wildman–Crippen LogP) is 5.70. The Kier molecular flexibility index (Phi) is 5.92. The molecule has 2 saturated carbocycles. The van der Waals surface area contributed by atoms with Crippen molar-refractivity contribution in [2.45, 2.75) is 45.1 Å². The van der Waals surface area contributed by atoms with Gasteiger partial charge in [-0.15, -0.1) is 0 Å². The van der Waals surface area contributed by atoms with E-state index >= 15 is 0 Å². The Morgan fingerprint density at radius 2 is 1.97 bits per heavy atom. The Bertz CT molecular complexity index is 1560. The van der Waals surface area contributed by atoms with Crippen LogP contribution < -0.4 is 20.7 Å². The number of piperidine rings is 1. The number of amides is 1. The Balaban J connectivity index is 1.18. The van der Waals surface area contributed by atoms with Crippen LogP contribution in [-0.2, 0) is 4.79 Å². The third-order valence-corrected chi connectivity index (χ3v) is 8.40. The largest absolute Gasteiger partial charge is 0.437 e. The average molecular weight is 521 g/mol. The minimum absolute atomic E-state index is 0.132. The smallest absolute Gasteiger partial charge is 0.228 e. The second-order valence-electron chi connectivity index (χ2n) is 11.1. The molecule has 3 aliphatic rings. The molecule has 198 valence electrons. The van der Waals surface area contributed by atoms with Gasteiger partial charge in [-0.1, -0.05) is 24.3 Å². The van der Waals surface area contributed by atoms with E-state index in [0.29, 0.717) is 29.0 Å². The van der Waals surface area contributed by atoms with Gasteiger partial charge in [-0.2, -0.15) is 0 Å². The molecule has 2 aliphatic carbocycles. The quantitative estimate of drug-likeness (QED) is 0.288. The van der Waals surface area contributed by atoms with Crippen LogP contribution in [0.25, 0.3) is 22.0 Å². The molecule has 1 amide bonds. The average Bonchev–Trinajstić information content (AvgIpc) is 3.89. The molecule has 3 fully saturated rings. The first-order chi connectivity index (χ1) is 19.1. The molecule has 39 heavy (non-hydrogen) atoms. The van der Waals surface area contributed by atoms with Crippen molar-refractivity contribution >= 4 is 28.3 Å². The Morgan fingerprint density at radius 3 is 2.79 bits per heavy atom. The minimum Gasteiger partial charge on any atom is -0.437 e. The zero-order chi connectivity index (χ0) is 26.4. The number of carbonyl (C=O) groups is 1. The lowest BCUT2D eigenvalue weighted by Crippen LogP contribution is -2.38. The number of nitrogens with one attached hydrogen (secondary N) is 3. The number of anilines is 2. The summed E-state index contributed by atoms with van der Waals surface area (Å²) >= 11 is 0. The molecule has 4 aromatic rings. The highest BCUT2D eigenvalue weighted by molar-refractivity contribution is 6.06. The van der Waals surface area contributed by atoms with Crippen molar-refractivity contribution in [1.29, 1.82) is 0 Å². The van der Waals surface area contributed by atoms with E-state index < -0.39 is 0 Å². The monoisotopic (exact) mass is 520 g/mol. The standard InChI is InChI=1S/C31H32N6O2/c1-19-9-10-21-22(6-2-8-25(21)36-28(38)24-17-31(24)12-13-31)27(19)39-29-23(7-4-15-33-29)26-11-16-34-30(37-26)35-20-5-3-14-32-18-20/h2,4,6-11,15-16,20,24,32H,3,5,12-14,17-18H2,1H3,(H,36,38)(H,34,35,37)/t20-,24-/m0/s1. The van der Waals surface area contributed by atoms with Crippen LogP contribution in [0.2, 0.25) is 0 Å². The van der Waals surface area contributed by atoms with Gasteiger partial charge in [0.05, 0.1) is 11.3 Å². The van der Waals surface area contributed by atoms with E-state index in [1.165, 1.54) is 12.8 Å². The SMILES string of the molecule is Cc1ccc2c(NC(=O)[C@@H]3CC34CC4)cccc2c1Oc1ncccc1-c1ccnc(N[C@H]2CCCNC2)n1. The van der Waals surface area contributed by atoms with Gasteiger partial charge in [0.15, 0.2) is 0 Å². The molecular weight excluding hydrogens is 488 g/mol. The lowest BCUT2D eigenvalue weighted by molar-refractivity contribution is -0.117. The van der Waals surface area contributed by atoms with Gasteiger partial charge in [0.2, 0.25) is 17.7 Å². The van der Waals surface area contributed by atoms with Gasteiger partial charge < -0.3 is 20.7 Å². The molecule has 2 atom stereocenters. The topological polar surface area (TPSA) is 101 Å². The van der Waals surface area contributed by atoms with Gasteiger partial charge in [-0.05, 0) is 80.8 Å². The summed E-state index contributed by atoms with van der Waals surface area (Å²) in [5.74, 6) is 2.08. The van der Waals surface area contributed by atoms with Crippen molar-refractivity contribution in [2.75, 3.05) is 23.7 Å². The highest BCUT2D eigenvalue weighted by Crippen LogP contribution is 2.70. The number of nitrogens with zero attached hydrogens (tertiary/aromatic N) is 3. The fourth-order valence-corrected chi connectivity index (χ4v) is 5.83. The van der Waals surface area contributed by atoms with Gasteiger partial charge in [0.1, 0.15) is 5.75 Å². The first kappa shape index (κ1) is 24.0. The normalized spacial score (nSPS) is 20.9. The molecule has 1 aliphatic heterocycles. The maximum Gasteiger partial charge on any atom is 0.228 e. The van der Waals surface area contributed by atoms with Gasteiger partial charge in [-0.3, -0.25) is 4.79 Å². The fraction of sp³-hybridized carbons (Fsp3) is 0.355. The molecule has 2 aromatic carbocycles.